The Hall–Kier alpha value is -1.43. The van der Waals surface area contributed by atoms with E-state index in [1.807, 2.05) is 6.92 Å². The zero-order valence-corrected chi connectivity index (χ0v) is 14.5. The molecular weight excluding hydrogens is 300 g/mol. The average Bonchev–Trinajstić information content (AvgIpc) is 2.94. The van der Waals surface area contributed by atoms with E-state index in [2.05, 4.69) is 31.1 Å². The van der Waals surface area contributed by atoms with Crippen LogP contribution < -0.4 is 5.32 Å². The number of aromatic nitrogens is 1. The number of aliphatic carboxylic acids is 1. The van der Waals surface area contributed by atoms with E-state index in [1.54, 1.807) is 0 Å². The second kappa shape index (κ2) is 5.99. The van der Waals surface area contributed by atoms with Crippen LogP contribution in [0.2, 0.25) is 0 Å². The summed E-state index contributed by atoms with van der Waals surface area (Å²) in [6.45, 7) is 8.03. The highest BCUT2D eigenvalue weighted by atomic mass is 32.1. The van der Waals surface area contributed by atoms with Crippen LogP contribution in [-0.2, 0) is 10.2 Å². The number of nitrogens with one attached hydrogen (secondary N) is 1. The number of hydrogen-bond acceptors (Lipinski definition) is 4. The molecule has 1 saturated carbocycles. The predicted molar refractivity (Wildman–Crippen MR) is 86.5 cm³/mol. The van der Waals surface area contributed by atoms with Crippen LogP contribution in [0.5, 0.6) is 0 Å². The molecule has 5 nitrogen and oxygen atoms in total. The molecule has 122 valence electrons. The quantitative estimate of drug-likeness (QED) is 0.891. The fraction of sp³-hybridized carbons (Fsp3) is 0.688. The molecule has 0 unspecified atom stereocenters. The molecule has 0 aromatic carbocycles. The maximum atomic E-state index is 12.6. The minimum atomic E-state index is -0.862. The maximum Gasteiger partial charge on any atom is 0.305 e. The van der Waals surface area contributed by atoms with Gasteiger partial charge >= 0.3 is 5.97 Å². The largest absolute Gasteiger partial charge is 0.481 e. The first-order chi connectivity index (χ1) is 10.1. The maximum absolute atomic E-state index is 12.6. The van der Waals surface area contributed by atoms with Crippen LogP contribution in [-0.4, -0.2) is 27.5 Å². The number of amides is 1. The number of hydrogen-bond donors (Lipinski definition) is 2. The minimum absolute atomic E-state index is 0.0112. The number of thiazole rings is 1. The third-order valence-corrected chi connectivity index (χ3v) is 5.66. The SMILES string of the molecule is Cc1nc(C(C)(C)C)sc1C(=O)NC1(CC(=O)O)CCCC1. The van der Waals surface area contributed by atoms with Gasteiger partial charge in [-0.25, -0.2) is 4.98 Å². The number of carboxylic acid groups (broad SMARTS) is 1. The lowest BCUT2D eigenvalue weighted by molar-refractivity contribution is -0.138. The standard InChI is InChI=1S/C16H24N2O3S/c1-10-12(22-14(17-10)15(2,3)4)13(21)18-16(9-11(19)20)7-5-6-8-16/h5-9H2,1-4H3,(H,18,21)(H,19,20). The van der Waals surface area contributed by atoms with E-state index >= 15 is 0 Å². The van der Waals surface area contributed by atoms with Gasteiger partial charge < -0.3 is 10.4 Å². The van der Waals surface area contributed by atoms with Gasteiger partial charge in [-0.1, -0.05) is 33.6 Å². The van der Waals surface area contributed by atoms with Crippen molar-refractivity contribution in [1.29, 1.82) is 0 Å². The highest BCUT2D eigenvalue weighted by molar-refractivity contribution is 7.14. The smallest absolute Gasteiger partial charge is 0.305 e. The Morgan fingerprint density at radius 3 is 2.36 bits per heavy atom. The van der Waals surface area contributed by atoms with Crippen LogP contribution in [0, 0.1) is 6.92 Å². The van der Waals surface area contributed by atoms with Crippen molar-refractivity contribution in [2.24, 2.45) is 0 Å². The zero-order valence-electron chi connectivity index (χ0n) is 13.7. The van der Waals surface area contributed by atoms with E-state index in [9.17, 15) is 9.59 Å². The highest BCUT2D eigenvalue weighted by Gasteiger charge is 2.38. The molecule has 1 heterocycles. The molecule has 1 fully saturated rings. The van der Waals surface area contributed by atoms with Gasteiger partial charge in [-0.3, -0.25) is 9.59 Å². The predicted octanol–water partition coefficient (Wildman–Crippen LogP) is 3.27. The van der Waals surface area contributed by atoms with Crippen LogP contribution in [0.1, 0.15) is 73.2 Å². The Balaban J connectivity index is 2.21. The molecule has 1 aliphatic rings. The summed E-state index contributed by atoms with van der Waals surface area (Å²) < 4.78 is 0. The van der Waals surface area contributed by atoms with Crippen molar-refractivity contribution in [3.8, 4) is 0 Å². The molecule has 0 bridgehead atoms. The minimum Gasteiger partial charge on any atom is -0.481 e. The lowest BCUT2D eigenvalue weighted by Crippen LogP contribution is -2.47. The Labute approximate surface area is 135 Å². The van der Waals surface area contributed by atoms with Crippen LogP contribution >= 0.6 is 11.3 Å². The van der Waals surface area contributed by atoms with Crippen molar-refractivity contribution in [2.75, 3.05) is 0 Å². The van der Waals surface area contributed by atoms with Crippen molar-refractivity contribution >= 4 is 23.2 Å². The molecule has 1 aromatic heterocycles. The Bertz CT molecular complexity index is 581. The fourth-order valence-corrected chi connectivity index (χ4v) is 3.93. The van der Waals surface area contributed by atoms with Crippen molar-refractivity contribution in [3.05, 3.63) is 15.6 Å². The molecule has 1 aromatic rings. The van der Waals surface area contributed by atoms with E-state index in [1.165, 1.54) is 11.3 Å². The number of carboxylic acids is 1. The van der Waals surface area contributed by atoms with Gasteiger partial charge in [-0.2, -0.15) is 0 Å². The molecule has 1 amide bonds. The van der Waals surface area contributed by atoms with Crippen molar-refractivity contribution < 1.29 is 14.7 Å². The lowest BCUT2D eigenvalue weighted by atomic mass is 9.93. The first kappa shape index (κ1) is 16.9. The summed E-state index contributed by atoms with van der Waals surface area (Å²) >= 11 is 1.40. The summed E-state index contributed by atoms with van der Waals surface area (Å²) in [5.74, 6) is -1.05. The monoisotopic (exact) mass is 324 g/mol. The molecule has 1 aliphatic carbocycles. The summed E-state index contributed by atoms with van der Waals surface area (Å²) in [6.07, 6.45) is 3.37. The molecule has 0 saturated heterocycles. The van der Waals surface area contributed by atoms with Crippen LogP contribution in [0.4, 0.5) is 0 Å². The van der Waals surface area contributed by atoms with Crippen molar-refractivity contribution in [2.45, 2.75) is 70.8 Å². The number of nitrogens with zero attached hydrogens (tertiary/aromatic N) is 1. The van der Waals surface area contributed by atoms with Crippen LogP contribution in [0.25, 0.3) is 0 Å². The third-order valence-electron chi connectivity index (χ3n) is 4.07. The van der Waals surface area contributed by atoms with Gasteiger partial charge in [0.1, 0.15) is 4.88 Å². The summed E-state index contributed by atoms with van der Waals surface area (Å²) in [5, 5.41) is 13.0. The Morgan fingerprint density at radius 1 is 1.32 bits per heavy atom. The zero-order chi connectivity index (χ0) is 16.5. The highest BCUT2D eigenvalue weighted by Crippen LogP contribution is 2.34. The molecule has 6 heteroatoms. The van der Waals surface area contributed by atoms with Gasteiger partial charge in [-0.15, -0.1) is 11.3 Å². The molecule has 0 spiro atoms. The first-order valence-corrected chi connectivity index (χ1v) is 8.47. The van der Waals surface area contributed by atoms with Crippen LogP contribution in [0.3, 0.4) is 0 Å². The van der Waals surface area contributed by atoms with Gasteiger partial charge in [0.05, 0.1) is 22.7 Å². The van der Waals surface area contributed by atoms with Crippen molar-refractivity contribution in [3.63, 3.8) is 0 Å². The first-order valence-electron chi connectivity index (χ1n) is 7.65. The van der Waals surface area contributed by atoms with Gasteiger partial charge in [-0.05, 0) is 19.8 Å². The number of aryl methyl sites for hydroxylation is 1. The second-order valence-corrected chi connectivity index (χ2v) is 8.19. The summed E-state index contributed by atoms with van der Waals surface area (Å²) in [6, 6.07) is 0. The number of carbonyl (C=O) groups excluding carboxylic acids is 1. The topological polar surface area (TPSA) is 79.3 Å². The normalized spacial score (nSPS) is 17.5. The van der Waals surface area contributed by atoms with Crippen molar-refractivity contribution in [1.82, 2.24) is 10.3 Å². The summed E-state index contributed by atoms with van der Waals surface area (Å²) in [5.41, 5.74) is 0.0253. The van der Waals surface area contributed by atoms with E-state index in [4.69, 9.17) is 5.11 Å². The van der Waals surface area contributed by atoms with E-state index in [0.717, 1.165) is 36.4 Å². The number of carbonyl (C=O) groups is 2. The molecule has 2 N–H and O–H groups in total. The van der Waals surface area contributed by atoms with Gasteiger partial charge in [0.2, 0.25) is 0 Å². The average molecular weight is 324 g/mol. The molecular formula is C16H24N2O3S. The van der Waals surface area contributed by atoms with E-state index in [0.29, 0.717) is 4.88 Å². The van der Waals surface area contributed by atoms with Gasteiger partial charge in [0.25, 0.3) is 5.91 Å². The Kier molecular flexibility index (Phi) is 4.61. The molecule has 0 radical (unpaired) electrons. The van der Waals surface area contributed by atoms with Gasteiger partial charge in [0, 0.05) is 5.41 Å². The van der Waals surface area contributed by atoms with Gasteiger partial charge in [0.15, 0.2) is 0 Å². The molecule has 22 heavy (non-hydrogen) atoms. The number of rotatable bonds is 4. The summed E-state index contributed by atoms with van der Waals surface area (Å²) in [4.78, 5) is 28.8. The molecule has 0 aliphatic heterocycles. The molecule has 2 rings (SSSR count). The van der Waals surface area contributed by atoms with E-state index < -0.39 is 11.5 Å². The van der Waals surface area contributed by atoms with Crippen LogP contribution in [0.15, 0.2) is 0 Å². The second-order valence-electron chi connectivity index (χ2n) is 7.20. The Morgan fingerprint density at radius 2 is 1.91 bits per heavy atom. The summed E-state index contributed by atoms with van der Waals surface area (Å²) in [7, 11) is 0. The fourth-order valence-electron chi connectivity index (χ4n) is 2.91. The molecule has 0 atom stereocenters. The van der Waals surface area contributed by atoms with E-state index in [-0.39, 0.29) is 17.7 Å². The third kappa shape index (κ3) is 3.66. The lowest BCUT2D eigenvalue weighted by Gasteiger charge is -2.28.